The van der Waals surface area contributed by atoms with Crippen molar-refractivity contribution in [3.8, 4) is 0 Å². The van der Waals surface area contributed by atoms with E-state index in [1.165, 1.54) is 0 Å². The first-order valence-corrected chi connectivity index (χ1v) is 6.45. The lowest BCUT2D eigenvalue weighted by molar-refractivity contribution is -0.140. The normalized spacial score (nSPS) is 12.5. The van der Waals surface area contributed by atoms with E-state index in [0.717, 1.165) is 0 Å². The molecular formula is C12H22N2O8. The highest BCUT2D eigenvalue weighted by Gasteiger charge is 2.11. The first-order chi connectivity index (χ1) is 10.1. The lowest BCUT2D eigenvalue weighted by atomic mass is 10.1. The van der Waals surface area contributed by atoms with Crippen LogP contribution in [0.2, 0.25) is 0 Å². The van der Waals surface area contributed by atoms with E-state index in [1.54, 1.807) is 0 Å². The number of aliphatic carboxylic acids is 4. The Balaban J connectivity index is 0. The number of hydrogen-bond donors (Lipinski definition) is 6. The minimum Gasteiger partial charge on any atom is -0.481 e. The largest absolute Gasteiger partial charge is 0.481 e. The number of hydrogen-bond acceptors (Lipinski definition) is 6. The number of carboxylic acids is 4. The maximum absolute atomic E-state index is 10.1. The second-order valence-electron chi connectivity index (χ2n) is 4.52. The van der Waals surface area contributed by atoms with Crippen molar-refractivity contribution in [1.82, 2.24) is 0 Å². The van der Waals surface area contributed by atoms with Crippen LogP contribution < -0.4 is 11.5 Å². The fraction of sp³-hybridized carbons (Fsp3) is 0.667. The van der Waals surface area contributed by atoms with Crippen molar-refractivity contribution in [3.63, 3.8) is 0 Å². The smallest absolute Gasteiger partial charge is 0.320 e. The van der Waals surface area contributed by atoms with Gasteiger partial charge in [0.15, 0.2) is 0 Å². The second kappa shape index (κ2) is 12.5. The molecule has 0 aromatic carbocycles. The summed E-state index contributed by atoms with van der Waals surface area (Å²) >= 11 is 0. The van der Waals surface area contributed by atoms with Gasteiger partial charge in [0.25, 0.3) is 0 Å². The Kier molecular flexibility index (Phi) is 12.6. The van der Waals surface area contributed by atoms with Crippen LogP contribution in [0.15, 0.2) is 0 Å². The maximum atomic E-state index is 10.1. The number of carboxylic acid groups (broad SMARTS) is 4. The van der Waals surface area contributed by atoms with Crippen LogP contribution in [0.5, 0.6) is 0 Å². The summed E-state index contributed by atoms with van der Waals surface area (Å²) in [7, 11) is 0. The van der Waals surface area contributed by atoms with Gasteiger partial charge in [-0.2, -0.15) is 0 Å². The molecule has 0 aromatic heterocycles. The molecule has 8 N–H and O–H groups in total. The quantitative estimate of drug-likeness (QED) is 0.298. The van der Waals surface area contributed by atoms with Crippen molar-refractivity contribution < 1.29 is 39.6 Å². The molecule has 0 radical (unpaired) electrons. The molecule has 10 heteroatoms. The molecule has 0 fully saturated rings. The van der Waals surface area contributed by atoms with E-state index in [9.17, 15) is 19.2 Å². The van der Waals surface area contributed by atoms with Gasteiger partial charge in [0.2, 0.25) is 0 Å². The molecule has 2 atom stereocenters. The highest BCUT2D eigenvalue weighted by molar-refractivity contribution is 5.73. The summed E-state index contributed by atoms with van der Waals surface area (Å²) in [6, 6.07) is -1.49. The lowest BCUT2D eigenvalue weighted by Gasteiger charge is -2.04. The standard InChI is InChI=1S/2C6H11NO4/c7-4(3-6(10)11)1-2-5(8)9;7-4(6(10)11)2-1-3-5(8)9/h2*4H,1-3,7H2,(H,8,9)(H,10,11). The molecule has 0 amide bonds. The molecule has 0 aliphatic carbocycles. The fourth-order valence-corrected chi connectivity index (χ4v) is 1.23. The van der Waals surface area contributed by atoms with Gasteiger partial charge in [-0.25, -0.2) is 0 Å². The first-order valence-electron chi connectivity index (χ1n) is 6.45. The van der Waals surface area contributed by atoms with Crippen molar-refractivity contribution >= 4 is 23.9 Å². The fourth-order valence-electron chi connectivity index (χ4n) is 1.23. The van der Waals surface area contributed by atoms with Crippen molar-refractivity contribution in [3.05, 3.63) is 0 Å². The third-order valence-corrected chi connectivity index (χ3v) is 2.39. The van der Waals surface area contributed by atoms with Gasteiger partial charge in [0.05, 0.1) is 6.42 Å². The topological polar surface area (TPSA) is 201 Å². The zero-order valence-electron chi connectivity index (χ0n) is 12.0. The average Bonchev–Trinajstić information content (AvgIpc) is 2.35. The molecule has 0 saturated heterocycles. The van der Waals surface area contributed by atoms with E-state index < -0.39 is 36.0 Å². The van der Waals surface area contributed by atoms with E-state index in [4.69, 9.17) is 31.9 Å². The summed E-state index contributed by atoms with van der Waals surface area (Å²) in [6.45, 7) is 0. The first kappa shape index (κ1) is 22.1. The molecule has 22 heavy (non-hydrogen) atoms. The Morgan fingerprint density at radius 3 is 1.64 bits per heavy atom. The van der Waals surface area contributed by atoms with E-state index in [0.29, 0.717) is 6.42 Å². The van der Waals surface area contributed by atoms with Gasteiger partial charge in [0.1, 0.15) is 6.04 Å². The summed E-state index contributed by atoms with van der Waals surface area (Å²) in [5, 5.41) is 32.9. The van der Waals surface area contributed by atoms with Crippen LogP contribution in [0.4, 0.5) is 0 Å². The number of nitrogens with two attached hydrogens (primary N) is 2. The Morgan fingerprint density at radius 2 is 1.27 bits per heavy atom. The monoisotopic (exact) mass is 322 g/mol. The predicted molar refractivity (Wildman–Crippen MR) is 74.2 cm³/mol. The van der Waals surface area contributed by atoms with Crippen LogP contribution in [0.3, 0.4) is 0 Å². The van der Waals surface area contributed by atoms with Crippen LogP contribution in [0.1, 0.15) is 38.5 Å². The lowest BCUT2D eigenvalue weighted by Crippen LogP contribution is -2.29. The summed E-state index contributed by atoms with van der Waals surface area (Å²) in [5.74, 6) is -3.97. The van der Waals surface area contributed by atoms with Gasteiger partial charge >= 0.3 is 23.9 Å². The second-order valence-corrected chi connectivity index (χ2v) is 4.52. The van der Waals surface area contributed by atoms with Crippen LogP contribution >= 0.6 is 0 Å². The zero-order chi connectivity index (χ0) is 17.7. The van der Waals surface area contributed by atoms with E-state index in [2.05, 4.69) is 0 Å². The van der Waals surface area contributed by atoms with Crippen LogP contribution in [0.25, 0.3) is 0 Å². The van der Waals surface area contributed by atoms with Crippen molar-refractivity contribution in [2.75, 3.05) is 0 Å². The Bertz CT molecular complexity index is 385. The molecular weight excluding hydrogens is 300 g/mol. The van der Waals surface area contributed by atoms with Gasteiger partial charge in [-0.1, -0.05) is 0 Å². The highest BCUT2D eigenvalue weighted by atomic mass is 16.4. The minimum atomic E-state index is -1.09. The molecule has 128 valence electrons. The predicted octanol–water partition coefficient (Wildman–Crippen LogP) is -0.694. The van der Waals surface area contributed by atoms with Gasteiger partial charge in [-0.05, 0) is 19.3 Å². The molecule has 0 aliphatic heterocycles. The van der Waals surface area contributed by atoms with Crippen molar-refractivity contribution in [2.24, 2.45) is 11.5 Å². The van der Waals surface area contributed by atoms with Crippen molar-refractivity contribution in [1.29, 1.82) is 0 Å². The molecule has 0 bridgehead atoms. The summed E-state index contributed by atoms with van der Waals surface area (Å²) in [6.07, 6.45) is 0.453. The summed E-state index contributed by atoms with van der Waals surface area (Å²) in [5.41, 5.74) is 10.4. The third-order valence-electron chi connectivity index (χ3n) is 2.39. The molecule has 0 spiro atoms. The molecule has 0 heterocycles. The average molecular weight is 322 g/mol. The van der Waals surface area contributed by atoms with Crippen molar-refractivity contribution in [2.45, 2.75) is 50.6 Å². The minimum absolute atomic E-state index is 0.0268. The molecule has 10 nitrogen and oxygen atoms in total. The van der Waals surface area contributed by atoms with E-state index >= 15 is 0 Å². The molecule has 0 aliphatic rings. The van der Waals surface area contributed by atoms with Crippen LogP contribution in [-0.2, 0) is 19.2 Å². The number of rotatable bonds is 10. The molecule has 2 unspecified atom stereocenters. The Labute approximate surface area is 126 Å². The Morgan fingerprint density at radius 1 is 0.773 bits per heavy atom. The zero-order valence-corrected chi connectivity index (χ0v) is 12.0. The van der Waals surface area contributed by atoms with Gasteiger partial charge in [-0.15, -0.1) is 0 Å². The number of carbonyl (C=O) groups is 4. The summed E-state index contributed by atoms with van der Waals surface area (Å²) in [4.78, 5) is 40.1. The summed E-state index contributed by atoms with van der Waals surface area (Å²) < 4.78 is 0. The van der Waals surface area contributed by atoms with E-state index in [-0.39, 0.29) is 32.1 Å². The Hall–Kier alpha value is -2.20. The van der Waals surface area contributed by atoms with E-state index in [1.807, 2.05) is 0 Å². The SMILES string of the molecule is NC(CCC(=O)O)CC(=O)O.NC(CCCC(=O)O)C(=O)O. The van der Waals surface area contributed by atoms with Gasteiger partial charge in [0, 0.05) is 18.9 Å². The van der Waals surface area contributed by atoms with Crippen LogP contribution in [-0.4, -0.2) is 56.4 Å². The molecule has 0 aromatic rings. The van der Waals surface area contributed by atoms with Gasteiger partial charge in [-0.3, -0.25) is 19.2 Å². The highest BCUT2D eigenvalue weighted by Crippen LogP contribution is 1.99. The van der Waals surface area contributed by atoms with Crippen LogP contribution in [0, 0.1) is 0 Å². The van der Waals surface area contributed by atoms with Gasteiger partial charge < -0.3 is 31.9 Å². The molecule has 0 rings (SSSR count). The third kappa shape index (κ3) is 17.8. The molecule has 0 saturated carbocycles. The maximum Gasteiger partial charge on any atom is 0.320 e.